The van der Waals surface area contributed by atoms with E-state index in [9.17, 15) is 22.8 Å². The zero-order valence-corrected chi connectivity index (χ0v) is 19.9. The molecule has 0 bridgehead atoms. The molecule has 9 heteroatoms. The molecule has 0 N–H and O–H groups in total. The van der Waals surface area contributed by atoms with Gasteiger partial charge >= 0.3 is 0 Å². The zero-order chi connectivity index (χ0) is 24.6. The SMILES string of the molecule is O=C(CCCN1C(=O)c2ccccc2C1=O)N1CCN(S(=O)(=O)c2ccc3ccccc3c2)CC1. The number of nitrogens with zero attached hydrogens (tertiary/aromatic N) is 3. The van der Waals surface area contributed by atoms with Crippen LogP contribution in [0.2, 0.25) is 0 Å². The number of hydrogen-bond donors (Lipinski definition) is 0. The molecule has 0 atom stereocenters. The number of rotatable bonds is 6. The van der Waals surface area contributed by atoms with Gasteiger partial charge in [0.1, 0.15) is 0 Å². The highest BCUT2D eigenvalue weighted by molar-refractivity contribution is 7.89. The number of piperazine rings is 1. The second kappa shape index (κ2) is 9.24. The maximum absolute atomic E-state index is 13.1. The first-order chi connectivity index (χ1) is 16.9. The van der Waals surface area contributed by atoms with Gasteiger partial charge in [0.15, 0.2) is 0 Å². The van der Waals surface area contributed by atoms with E-state index in [1.54, 1.807) is 47.4 Å². The number of benzene rings is 3. The summed E-state index contributed by atoms with van der Waals surface area (Å²) in [5.74, 6) is -0.763. The molecule has 2 aliphatic rings. The Kier molecular flexibility index (Phi) is 6.12. The van der Waals surface area contributed by atoms with E-state index < -0.39 is 10.0 Å². The van der Waals surface area contributed by atoms with Crippen molar-refractivity contribution in [3.63, 3.8) is 0 Å². The van der Waals surface area contributed by atoms with Crippen LogP contribution >= 0.6 is 0 Å². The van der Waals surface area contributed by atoms with Crippen molar-refractivity contribution in [1.29, 1.82) is 0 Å². The van der Waals surface area contributed by atoms with E-state index >= 15 is 0 Å². The van der Waals surface area contributed by atoms with Gasteiger partial charge in [-0.2, -0.15) is 4.31 Å². The molecule has 0 aliphatic carbocycles. The van der Waals surface area contributed by atoms with Gasteiger partial charge in [0.2, 0.25) is 15.9 Å². The summed E-state index contributed by atoms with van der Waals surface area (Å²) in [6.07, 6.45) is 0.546. The highest BCUT2D eigenvalue weighted by atomic mass is 32.2. The molecule has 35 heavy (non-hydrogen) atoms. The minimum atomic E-state index is -3.66. The molecule has 2 heterocycles. The molecule has 180 valence electrons. The summed E-state index contributed by atoms with van der Waals surface area (Å²) in [7, 11) is -3.66. The van der Waals surface area contributed by atoms with Crippen LogP contribution in [0.5, 0.6) is 0 Å². The molecule has 5 rings (SSSR count). The summed E-state index contributed by atoms with van der Waals surface area (Å²) < 4.78 is 27.7. The van der Waals surface area contributed by atoms with Crippen LogP contribution in [0.4, 0.5) is 0 Å². The van der Waals surface area contributed by atoms with E-state index in [0.29, 0.717) is 30.6 Å². The van der Waals surface area contributed by atoms with Crippen LogP contribution in [0, 0.1) is 0 Å². The molecule has 0 aromatic heterocycles. The summed E-state index contributed by atoms with van der Waals surface area (Å²) in [4.78, 5) is 40.7. The largest absolute Gasteiger partial charge is 0.340 e. The highest BCUT2D eigenvalue weighted by Gasteiger charge is 2.35. The van der Waals surface area contributed by atoms with E-state index in [1.807, 2.05) is 24.3 Å². The number of fused-ring (bicyclic) bond motifs is 2. The Labute approximate surface area is 203 Å². The van der Waals surface area contributed by atoms with Gasteiger partial charge in [0.05, 0.1) is 16.0 Å². The van der Waals surface area contributed by atoms with Crippen LogP contribution in [-0.2, 0) is 14.8 Å². The molecular formula is C26H25N3O5S. The molecule has 8 nitrogen and oxygen atoms in total. The fourth-order valence-electron chi connectivity index (χ4n) is 4.64. The molecule has 2 aliphatic heterocycles. The van der Waals surface area contributed by atoms with Crippen LogP contribution in [-0.4, -0.2) is 73.0 Å². The van der Waals surface area contributed by atoms with Crippen LogP contribution in [0.15, 0.2) is 71.6 Å². The first-order valence-corrected chi connectivity index (χ1v) is 13.0. The van der Waals surface area contributed by atoms with E-state index in [0.717, 1.165) is 10.8 Å². The van der Waals surface area contributed by atoms with Crippen molar-refractivity contribution in [2.45, 2.75) is 17.7 Å². The molecular weight excluding hydrogens is 466 g/mol. The topological polar surface area (TPSA) is 95.1 Å². The van der Waals surface area contributed by atoms with Gasteiger partial charge in [0.25, 0.3) is 11.8 Å². The third kappa shape index (κ3) is 4.33. The minimum Gasteiger partial charge on any atom is -0.340 e. The van der Waals surface area contributed by atoms with E-state index in [-0.39, 0.29) is 48.7 Å². The zero-order valence-electron chi connectivity index (χ0n) is 19.1. The maximum Gasteiger partial charge on any atom is 0.261 e. The van der Waals surface area contributed by atoms with Crippen LogP contribution in [0.25, 0.3) is 10.8 Å². The average Bonchev–Trinajstić information content (AvgIpc) is 3.13. The van der Waals surface area contributed by atoms with Crippen molar-refractivity contribution in [3.05, 3.63) is 77.9 Å². The second-order valence-electron chi connectivity index (χ2n) is 8.70. The van der Waals surface area contributed by atoms with Gasteiger partial charge in [-0.15, -0.1) is 0 Å². The predicted molar refractivity (Wildman–Crippen MR) is 130 cm³/mol. The van der Waals surface area contributed by atoms with Gasteiger partial charge in [0, 0.05) is 39.1 Å². The Balaban J connectivity index is 1.14. The minimum absolute atomic E-state index is 0.107. The van der Waals surface area contributed by atoms with Crippen LogP contribution in [0.1, 0.15) is 33.6 Å². The third-order valence-electron chi connectivity index (χ3n) is 6.60. The Hall–Kier alpha value is -3.56. The number of carbonyl (C=O) groups excluding carboxylic acids is 3. The molecule has 3 aromatic rings. The summed E-state index contributed by atoms with van der Waals surface area (Å²) >= 11 is 0. The van der Waals surface area contributed by atoms with Crippen molar-refractivity contribution in [1.82, 2.24) is 14.1 Å². The maximum atomic E-state index is 13.1. The monoisotopic (exact) mass is 491 g/mol. The van der Waals surface area contributed by atoms with Crippen LogP contribution < -0.4 is 0 Å². The number of amides is 3. The number of sulfonamides is 1. The van der Waals surface area contributed by atoms with Gasteiger partial charge in [-0.3, -0.25) is 19.3 Å². The van der Waals surface area contributed by atoms with Crippen molar-refractivity contribution in [3.8, 4) is 0 Å². The molecule has 0 unspecified atom stereocenters. The van der Waals surface area contributed by atoms with E-state index in [2.05, 4.69) is 0 Å². The first kappa shape index (κ1) is 23.2. The number of carbonyl (C=O) groups is 3. The smallest absolute Gasteiger partial charge is 0.261 e. The molecule has 0 saturated carbocycles. The Morgan fingerprint density at radius 1 is 0.771 bits per heavy atom. The van der Waals surface area contributed by atoms with Gasteiger partial charge in [-0.05, 0) is 41.5 Å². The summed E-state index contributed by atoms with van der Waals surface area (Å²) in [5, 5.41) is 1.84. The molecule has 1 saturated heterocycles. The van der Waals surface area contributed by atoms with Gasteiger partial charge in [-0.1, -0.05) is 42.5 Å². The second-order valence-corrected chi connectivity index (χ2v) is 10.6. The highest BCUT2D eigenvalue weighted by Crippen LogP contribution is 2.24. The van der Waals surface area contributed by atoms with Crippen molar-refractivity contribution in [2.75, 3.05) is 32.7 Å². The number of imide groups is 1. The Morgan fingerprint density at radius 3 is 2.03 bits per heavy atom. The van der Waals surface area contributed by atoms with Crippen molar-refractivity contribution >= 4 is 38.5 Å². The molecule has 0 spiro atoms. The first-order valence-electron chi connectivity index (χ1n) is 11.6. The molecule has 3 aromatic carbocycles. The van der Waals surface area contributed by atoms with Gasteiger partial charge < -0.3 is 4.90 Å². The predicted octanol–water partition coefficient (Wildman–Crippen LogP) is 2.75. The van der Waals surface area contributed by atoms with Crippen molar-refractivity contribution in [2.24, 2.45) is 0 Å². The summed E-state index contributed by atoms with van der Waals surface area (Å²) in [6.45, 7) is 1.23. The number of hydrogen-bond acceptors (Lipinski definition) is 5. The lowest BCUT2D eigenvalue weighted by atomic mass is 10.1. The third-order valence-corrected chi connectivity index (χ3v) is 8.50. The quantitative estimate of drug-likeness (QED) is 0.494. The van der Waals surface area contributed by atoms with Gasteiger partial charge in [-0.25, -0.2) is 8.42 Å². The lowest BCUT2D eigenvalue weighted by Gasteiger charge is -2.34. The Bertz CT molecular complexity index is 1390. The summed E-state index contributed by atoms with van der Waals surface area (Å²) in [6, 6.07) is 19.4. The normalized spacial score (nSPS) is 16.7. The Morgan fingerprint density at radius 2 is 1.37 bits per heavy atom. The van der Waals surface area contributed by atoms with E-state index in [1.165, 1.54) is 9.21 Å². The van der Waals surface area contributed by atoms with Crippen LogP contribution in [0.3, 0.4) is 0 Å². The lowest BCUT2D eigenvalue weighted by Crippen LogP contribution is -2.50. The molecule has 0 radical (unpaired) electrons. The lowest BCUT2D eigenvalue weighted by molar-refractivity contribution is -0.132. The fraction of sp³-hybridized carbons (Fsp3) is 0.269. The molecule has 1 fully saturated rings. The fourth-order valence-corrected chi connectivity index (χ4v) is 6.10. The standard InChI is InChI=1S/C26H25N3O5S/c30-24(10-5-13-29-25(31)22-8-3-4-9-23(22)26(29)32)27-14-16-28(17-15-27)35(33,34)21-12-11-19-6-1-2-7-20(19)18-21/h1-4,6-9,11-12,18H,5,10,13-17H2. The van der Waals surface area contributed by atoms with E-state index in [4.69, 9.17) is 0 Å². The summed E-state index contributed by atoms with van der Waals surface area (Å²) in [5.41, 5.74) is 0.792. The molecule has 3 amide bonds. The average molecular weight is 492 g/mol. The van der Waals surface area contributed by atoms with Crippen molar-refractivity contribution < 1.29 is 22.8 Å².